The van der Waals surface area contributed by atoms with Gasteiger partial charge >= 0.3 is 10.4 Å². The molecule has 19 heteroatoms. The van der Waals surface area contributed by atoms with Gasteiger partial charge in [0.05, 0.1) is 13.2 Å². The summed E-state index contributed by atoms with van der Waals surface area (Å²) in [6, 6.07) is 0. The first-order valence-corrected chi connectivity index (χ1v) is 15.0. The summed E-state index contributed by atoms with van der Waals surface area (Å²) in [6.45, 7) is -1.25. The van der Waals surface area contributed by atoms with E-state index in [1.54, 1.807) is 0 Å². The molecule has 37 heavy (non-hydrogen) atoms. The summed E-state index contributed by atoms with van der Waals surface area (Å²) in [4.78, 5) is 0. The third-order valence-corrected chi connectivity index (χ3v) is 7.80. The molecule has 8 N–H and O–H groups in total. The van der Waals surface area contributed by atoms with Crippen molar-refractivity contribution in [1.82, 2.24) is 0 Å². The molecule has 0 aromatic heterocycles. The van der Waals surface area contributed by atoms with Gasteiger partial charge in [0.15, 0.2) is 6.29 Å². The number of ether oxygens (including phenoxy) is 3. The van der Waals surface area contributed by atoms with Crippen molar-refractivity contribution in [2.45, 2.75) is 79.8 Å². The summed E-state index contributed by atoms with van der Waals surface area (Å²) >= 11 is 0.637. The van der Waals surface area contributed by atoms with Crippen LogP contribution >= 0.6 is 11.8 Å². The lowest BCUT2D eigenvalue weighted by molar-refractivity contribution is -0.311. The van der Waals surface area contributed by atoms with Crippen LogP contribution in [0.3, 0.4) is 0 Å². The highest BCUT2D eigenvalue weighted by Crippen LogP contribution is 2.32. The minimum atomic E-state index is -4.95. The molecule has 16 nitrogen and oxygen atoms in total. The van der Waals surface area contributed by atoms with E-state index in [0.717, 1.165) is 0 Å². The second-order valence-corrected chi connectivity index (χ2v) is 12.1. The average molecular weight is 600 g/mol. The molecular formula is C18H33NO15S3. The van der Waals surface area contributed by atoms with Crippen LogP contribution in [-0.4, -0.2) is 144 Å². The molecule has 2 aliphatic rings. The topological polar surface area (TPSA) is 262 Å². The van der Waals surface area contributed by atoms with Crippen LogP contribution in [0, 0.1) is 0 Å². The van der Waals surface area contributed by atoms with Crippen LogP contribution in [0.5, 0.6) is 0 Å². The van der Waals surface area contributed by atoms with Gasteiger partial charge in [-0.05, 0) is 19.3 Å². The van der Waals surface area contributed by atoms with E-state index in [0.29, 0.717) is 30.4 Å². The third kappa shape index (κ3) is 9.87. The Morgan fingerprint density at radius 3 is 2.16 bits per heavy atom. The number of nitrogens with zero attached hydrogens (tertiary/aromatic N) is 1. The number of aliphatic hydroxyl groups is 7. The molecule has 0 radical (unpaired) electrons. The average Bonchev–Trinajstić information content (AvgIpc) is 2.83. The number of hydrogen-bond acceptors (Lipinski definition) is 16. The van der Waals surface area contributed by atoms with E-state index in [1.807, 2.05) is 0 Å². The van der Waals surface area contributed by atoms with E-state index in [1.165, 1.54) is 6.26 Å². The lowest BCUT2D eigenvalue weighted by atomic mass is 9.99. The Hall–Kier alpha value is -0.520. The van der Waals surface area contributed by atoms with Gasteiger partial charge in [-0.2, -0.15) is 8.42 Å². The predicted molar refractivity (Wildman–Crippen MR) is 127 cm³/mol. The van der Waals surface area contributed by atoms with Crippen molar-refractivity contribution >= 4 is 38.0 Å². The number of oxime groups is 1. The van der Waals surface area contributed by atoms with Crippen LogP contribution in [0.15, 0.2) is 5.16 Å². The summed E-state index contributed by atoms with van der Waals surface area (Å²) in [6.07, 6.45) is -11.9. The Morgan fingerprint density at radius 1 is 0.946 bits per heavy atom. The zero-order valence-electron chi connectivity index (χ0n) is 19.6. The maximum atomic E-state index is 11.2. The highest BCUT2D eigenvalue weighted by molar-refractivity contribution is 8.14. The Morgan fingerprint density at radius 2 is 1.57 bits per heavy atom. The van der Waals surface area contributed by atoms with Gasteiger partial charge < -0.3 is 50.0 Å². The number of hydrogen-bond donors (Lipinski definition) is 8. The lowest BCUT2D eigenvalue weighted by Crippen LogP contribution is -2.61. The molecule has 0 bridgehead atoms. The van der Waals surface area contributed by atoms with Crippen molar-refractivity contribution in [3.05, 3.63) is 0 Å². The fourth-order valence-electron chi connectivity index (χ4n) is 3.48. The molecule has 2 saturated heterocycles. The second kappa shape index (κ2) is 14.7. The molecule has 0 saturated carbocycles. The van der Waals surface area contributed by atoms with Gasteiger partial charge in [-0.25, -0.2) is 4.28 Å². The minimum Gasteiger partial charge on any atom is -0.394 e. The van der Waals surface area contributed by atoms with E-state index >= 15 is 0 Å². The molecule has 0 aliphatic carbocycles. The standard InChI is InChI=1S/C18H33NO15S3/c1-36(27)5-3-2-4-10(19-34-37(28,29)30)35-18-16(26)14(24)12(22)9(33-18)7-31-17-15(25)13(23)11(21)8(6-20)32-17/h8-9,11-18,20-26H,2-7H2,1H3,(H,28,29,30)/b19-10-/t8-,9-,11-,12-,13+,14+,15-,16-,17+,18+,36?/m1/s1. The van der Waals surface area contributed by atoms with Crippen LogP contribution in [0.4, 0.5) is 0 Å². The van der Waals surface area contributed by atoms with Crippen molar-refractivity contribution in [2.75, 3.05) is 25.2 Å². The first-order chi connectivity index (χ1) is 17.2. The zero-order valence-corrected chi connectivity index (χ0v) is 22.1. The Bertz CT molecular complexity index is 874. The van der Waals surface area contributed by atoms with Crippen LogP contribution in [0.2, 0.25) is 0 Å². The van der Waals surface area contributed by atoms with Crippen molar-refractivity contribution in [3.8, 4) is 0 Å². The third-order valence-electron chi connectivity index (χ3n) is 5.50. The van der Waals surface area contributed by atoms with E-state index < -0.39 is 95.0 Å². The highest BCUT2D eigenvalue weighted by Gasteiger charge is 2.47. The fourth-order valence-corrected chi connectivity index (χ4v) is 5.43. The van der Waals surface area contributed by atoms with Crippen molar-refractivity contribution in [2.24, 2.45) is 5.16 Å². The molecule has 2 heterocycles. The molecule has 2 fully saturated rings. The quantitative estimate of drug-likeness (QED) is 0.0349. The van der Waals surface area contributed by atoms with Crippen LogP contribution in [0.1, 0.15) is 19.3 Å². The predicted octanol–water partition coefficient (Wildman–Crippen LogP) is -3.97. The van der Waals surface area contributed by atoms with Crippen molar-refractivity contribution in [1.29, 1.82) is 0 Å². The maximum absolute atomic E-state index is 11.2. The van der Waals surface area contributed by atoms with Gasteiger partial charge in [0.1, 0.15) is 59.3 Å². The molecule has 0 amide bonds. The second-order valence-electron chi connectivity index (χ2n) is 8.38. The van der Waals surface area contributed by atoms with Gasteiger partial charge in [0.25, 0.3) is 0 Å². The molecule has 0 spiro atoms. The minimum absolute atomic E-state index is 0.0641. The maximum Gasteiger partial charge on any atom is 0.466 e. The van der Waals surface area contributed by atoms with Crippen LogP contribution < -0.4 is 0 Å². The van der Waals surface area contributed by atoms with Crippen molar-refractivity contribution < 1.29 is 71.4 Å². The van der Waals surface area contributed by atoms with E-state index in [-0.39, 0.29) is 11.5 Å². The molecule has 1 unspecified atom stereocenters. The molecule has 0 aromatic rings. The first-order valence-electron chi connectivity index (χ1n) is 11.1. The number of aliphatic hydroxyl groups excluding tert-OH is 7. The number of rotatable bonds is 12. The van der Waals surface area contributed by atoms with E-state index in [9.17, 15) is 48.4 Å². The van der Waals surface area contributed by atoms with Crippen LogP contribution in [-0.2, 0) is 39.7 Å². The summed E-state index contributed by atoms with van der Waals surface area (Å²) in [5.74, 6) is 0.363. The van der Waals surface area contributed by atoms with E-state index in [4.69, 9.17) is 18.8 Å². The van der Waals surface area contributed by atoms with Gasteiger partial charge in [-0.1, -0.05) is 16.9 Å². The lowest BCUT2D eigenvalue weighted by Gasteiger charge is -2.42. The molecule has 2 rings (SSSR count). The molecule has 218 valence electrons. The fraction of sp³-hybridized carbons (Fsp3) is 0.944. The Kier molecular flexibility index (Phi) is 13.0. The Labute approximate surface area is 219 Å². The number of thioether (sulfide) groups is 1. The molecule has 2 aliphatic heterocycles. The molecular weight excluding hydrogens is 566 g/mol. The monoisotopic (exact) mass is 599 g/mol. The highest BCUT2D eigenvalue weighted by atomic mass is 32.3. The molecule has 11 atom stereocenters. The van der Waals surface area contributed by atoms with Crippen LogP contribution in [0.25, 0.3) is 0 Å². The normalized spacial score (nSPS) is 38.4. The largest absolute Gasteiger partial charge is 0.466 e. The summed E-state index contributed by atoms with van der Waals surface area (Å²) in [7, 11) is -6.01. The SMILES string of the molecule is CS(=O)CCCC/C(=N/OS(=O)(=O)O)S[C@@H]1O[C@H](CO[C@H]2O[C@H](CO)[C@@H](O)[C@H](O)[C@H]2O)[C@@H](O)[C@H](O)[C@H]1O. The first kappa shape index (κ1) is 32.7. The molecule has 0 aromatic carbocycles. The number of unbranched alkanes of at least 4 members (excludes halogenated alkanes) is 1. The van der Waals surface area contributed by atoms with Gasteiger partial charge in [0.2, 0.25) is 0 Å². The zero-order chi connectivity index (χ0) is 27.9. The summed E-state index contributed by atoms with van der Waals surface area (Å²) < 4.78 is 62.1. The van der Waals surface area contributed by atoms with Gasteiger partial charge in [-0.3, -0.25) is 8.76 Å². The van der Waals surface area contributed by atoms with Gasteiger partial charge in [0, 0.05) is 22.8 Å². The summed E-state index contributed by atoms with van der Waals surface area (Å²) in [5, 5.41) is 73.4. The van der Waals surface area contributed by atoms with Crippen molar-refractivity contribution in [3.63, 3.8) is 0 Å². The van der Waals surface area contributed by atoms with E-state index in [2.05, 4.69) is 9.44 Å². The smallest absolute Gasteiger partial charge is 0.394 e. The Balaban J connectivity index is 2.08. The van der Waals surface area contributed by atoms with Gasteiger partial charge in [-0.15, -0.1) is 0 Å². The summed E-state index contributed by atoms with van der Waals surface area (Å²) in [5.41, 5.74) is -1.34.